The normalized spacial score (nSPS) is 19.7. The lowest BCUT2D eigenvalue weighted by atomic mass is 9.93. The van der Waals surface area contributed by atoms with Gasteiger partial charge in [-0.25, -0.2) is 4.98 Å². The molecule has 5 N–H and O–H groups in total. The zero-order valence-electron chi connectivity index (χ0n) is 14.7. The molecule has 1 aliphatic rings. The van der Waals surface area contributed by atoms with Gasteiger partial charge >= 0.3 is 0 Å². The van der Waals surface area contributed by atoms with Crippen molar-refractivity contribution in [2.75, 3.05) is 10.6 Å². The zero-order valence-corrected chi connectivity index (χ0v) is 14.7. The Labute approximate surface area is 155 Å². The van der Waals surface area contributed by atoms with E-state index in [1.54, 1.807) is 16.6 Å². The minimum atomic E-state index is -0.571. The van der Waals surface area contributed by atoms with E-state index in [9.17, 15) is 9.90 Å². The molecular formula is C18H21N7O2. The van der Waals surface area contributed by atoms with Crippen LogP contribution in [-0.4, -0.2) is 42.7 Å². The molecule has 1 aliphatic carbocycles. The van der Waals surface area contributed by atoms with Gasteiger partial charge in [-0.2, -0.15) is 9.50 Å². The number of rotatable bonds is 5. The van der Waals surface area contributed by atoms with E-state index in [1.807, 2.05) is 18.2 Å². The second-order valence-corrected chi connectivity index (χ2v) is 6.69. The van der Waals surface area contributed by atoms with Crippen LogP contribution in [0.4, 0.5) is 17.5 Å². The standard InChI is InChI=1S/C18H21N7O2/c19-17(27)14-9-6-12(10-20-14)22-18-23-16-3-1-2-15(25(16)24-18)21-11-4-7-13(26)8-5-11/h1-3,6,9-11,13,21,26H,4-5,7-8H2,(H2,19,27)(H,22,24). The number of aliphatic hydroxyl groups excluding tert-OH is 1. The fourth-order valence-corrected chi connectivity index (χ4v) is 3.24. The third-order valence-corrected chi connectivity index (χ3v) is 4.68. The van der Waals surface area contributed by atoms with Gasteiger partial charge in [0.2, 0.25) is 5.95 Å². The number of fused-ring (bicyclic) bond motifs is 1. The minimum Gasteiger partial charge on any atom is -0.393 e. The summed E-state index contributed by atoms with van der Waals surface area (Å²) in [5.74, 6) is 0.715. The van der Waals surface area contributed by atoms with E-state index in [0.717, 1.165) is 31.5 Å². The maximum atomic E-state index is 11.1. The Hall–Kier alpha value is -3.20. The van der Waals surface area contributed by atoms with E-state index < -0.39 is 5.91 Å². The average molecular weight is 367 g/mol. The van der Waals surface area contributed by atoms with Crippen molar-refractivity contribution in [2.24, 2.45) is 5.73 Å². The van der Waals surface area contributed by atoms with Gasteiger partial charge in [0.15, 0.2) is 5.65 Å². The van der Waals surface area contributed by atoms with Crippen LogP contribution >= 0.6 is 0 Å². The predicted octanol–water partition coefficient (Wildman–Crippen LogP) is 1.68. The van der Waals surface area contributed by atoms with Crippen LogP contribution < -0.4 is 16.4 Å². The van der Waals surface area contributed by atoms with E-state index in [4.69, 9.17) is 5.73 Å². The van der Waals surface area contributed by atoms with Crippen molar-refractivity contribution < 1.29 is 9.90 Å². The summed E-state index contributed by atoms with van der Waals surface area (Å²) in [4.78, 5) is 19.6. The lowest BCUT2D eigenvalue weighted by Crippen LogP contribution is -2.29. The number of carbonyl (C=O) groups excluding carboxylic acids is 1. The summed E-state index contributed by atoms with van der Waals surface area (Å²) < 4.78 is 1.75. The first-order valence-electron chi connectivity index (χ1n) is 8.92. The molecule has 0 saturated heterocycles. The number of nitrogens with zero attached hydrogens (tertiary/aromatic N) is 4. The summed E-state index contributed by atoms with van der Waals surface area (Å²) in [5, 5.41) is 20.7. The molecule has 3 heterocycles. The van der Waals surface area contributed by atoms with Crippen LogP contribution in [0.15, 0.2) is 36.5 Å². The fraction of sp³-hybridized carbons (Fsp3) is 0.333. The Morgan fingerprint density at radius 3 is 2.70 bits per heavy atom. The second kappa shape index (κ2) is 7.20. The van der Waals surface area contributed by atoms with Crippen LogP contribution in [0, 0.1) is 0 Å². The first kappa shape index (κ1) is 17.2. The number of nitrogens with two attached hydrogens (primary N) is 1. The molecule has 0 unspecified atom stereocenters. The number of carbonyl (C=O) groups is 1. The number of nitrogens with one attached hydrogen (secondary N) is 2. The van der Waals surface area contributed by atoms with Crippen molar-refractivity contribution in [1.82, 2.24) is 19.6 Å². The molecule has 3 aromatic rings. The highest BCUT2D eigenvalue weighted by molar-refractivity contribution is 5.90. The van der Waals surface area contributed by atoms with Crippen LogP contribution in [0.25, 0.3) is 5.65 Å². The van der Waals surface area contributed by atoms with E-state index in [0.29, 0.717) is 23.3 Å². The van der Waals surface area contributed by atoms with Gasteiger partial charge in [0.25, 0.3) is 5.91 Å². The summed E-state index contributed by atoms with van der Waals surface area (Å²) >= 11 is 0. The summed E-state index contributed by atoms with van der Waals surface area (Å²) in [6.45, 7) is 0. The third kappa shape index (κ3) is 3.82. The van der Waals surface area contributed by atoms with Crippen molar-refractivity contribution in [3.63, 3.8) is 0 Å². The highest BCUT2D eigenvalue weighted by Gasteiger charge is 2.20. The van der Waals surface area contributed by atoms with E-state index in [-0.39, 0.29) is 11.8 Å². The van der Waals surface area contributed by atoms with Crippen molar-refractivity contribution in [2.45, 2.75) is 37.8 Å². The number of hydrogen-bond acceptors (Lipinski definition) is 7. The number of pyridine rings is 2. The van der Waals surface area contributed by atoms with E-state index in [1.165, 1.54) is 6.20 Å². The van der Waals surface area contributed by atoms with Crippen LogP contribution in [0.5, 0.6) is 0 Å². The molecular weight excluding hydrogens is 346 g/mol. The fourth-order valence-electron chi connectivity index (χ4n) is 3.24. The number of aliphatic hydroxyl groups is 1. The molecule has 4 rings (SSSR count). The summed E-state index contributed by atoms with van der Waals surface area (Å²) in [6.07, 6.45) is 4.80. The van der Waals surface area contributed by atoms with Gasteiger partial charge in [0.05, 0.1) is 18.0 Å². The lowest BCUT2D eigenvalue weighted by Gasteiger charge is -2.26. The highest BCUT2D eigenvalue weighted by atomic mass is 16.3. The number of anilines is 3. The minimum absolute atomic E-state index is 0.185. The quantitative estimate of drug-likeness (QED) is 0.540. The van der Waals surface area contributed by atoms with Crippen molar-refractivity contribution in [3.05, 3.63) is 42.2 Å². The summed E-state index contributed by atoms with van der Waals surface area (Å²) in [5.41, 5.74) is 6.77. The maximum Gasteiger partial charge on any atom is 0.267 e. The number of hydrogen-bond donors (Lipinski definition) is 4. The molecule has 1 fully saturated rings. The van der Waals surface area contributed by atoms with Gasteiger partial charge in [-0.15, -0.1) is 5.10 Å². The number of aromatic nitrogens is 4. The second-order valence-electron chi connectivity index (χ2n) is 6.69. The van der Waals surface area contributed by atoms with Crippen LogP contribution in [0.3, 0.4) is 0 Å². The van der Waals surface area contributed by atoms with Crippen molar-refractivity contribution >= 4 is 29.0 Å². The maximum absolute atomic E-state index is 11.1. The molecule has 1 saturated carbocycles. The Morgan fingerprint density at radius 2 is 2.00 bits per heavy atom. The van der Waals surface area contributed by atoms with Crippen LogP contribution in [-0.2, 0) is 0 Å². The van der Waals surface area contributed by atoms with Crippen molar-refractivity contribution in [3.8, 4) is 0 Å². The van der Waals surface area contributed by atoms with E-state index in [2.05, 4.69) is 25.7 Å². The highest BCUT2D eigenvalue weighted by Crippen LogP contribution is 2.23. The van der Waals surface area contributed by atoms with Gasteiger partial charge < -0.3 is 21.5 Å². The zero-order chi connectivity index (χ0) is 18.8. The topological polar surface area (TPSA) is 130 Å². The molecule has 0 aromatic carbocycles. The van der Waals surface area contributed by atoms with E-state index >= 15 is 0 Å². The largest absolute Gasteiger partial charge is 0.393 e. The number of primary amides is 1. The van der Waals surface area contributed by atoms with Gasteiger partial charge in [-0.1, -0.05) is 6.07 Å². The Kier molecular flexibility index (Phi) is 4.59. The molecule has 27 heavy (non-hydrogen) atoms. The molecule has 9 nitrogen and oxygen atoms in total. The van der Waals surface area contributed by atoms with Gasteiger partial charge in [-0.3, -0.25) is 4.79 Å². The predicted molar refractivity (Wildman–Crippen MR) is 101 cm³/mol. The molecule has 140 valence electrons. The molecule has 0 atom stereocenters. The Bertz CT molecular complexity index is 946. The molecule has 1 amide bonds. The molecule has 0 aliphatic heterocycles. The molecule has 0 spiro atoms. The molecule has 0 bridgehead atoms. The van der Waals surface area contributed by atoms with Crippen LogP contribution in [0.2, 0.25) is 0 Å². The lowest BCUT2D eigenvalue weighted by molar-refractivity contribution is 0.0995. The monoisotopic (exact) mass is 367 g/mol. The molecule has 3 aromatic heterocycles. The SMILES string of the molecule is NC(=O)c1ccc(Nc2nc3cccc(NC4CCC(O)CC4)n3n2)cn1. The Balaban J connectivity index is 1.52. The van der Waals surface area contributed by atoms with Gasteiger partial charge in [0, 0.05) is 6.04 Å². The van der Waals surface area contributed by atoms with Crippen molar-refractivity contribution in [1.29, 1.82) is 0 Å². The molecule has 9 heteroatoms. The first-order valence-corrected chi connectivity index (χ1v) is 8.92. The summed E-state index contributed by atoms with van der Waals surface area (Å²) in [7, 11) is 0. The van der Waals surface area contributed by atoms with Crippen LogP contribution in [0.1, 0.15) is 36.2 Å². The van der Waals surface area contributed by atoms with Gasteiger partial charge in [0.1, 0.15) is 11.5 Å². The smallest absolute Gasteiger partial charge is 0.267 e. The average Bonchev–Trinajstić information content (AvgIpc) is 3.07. The third-order valence-electron chi connectivity index (χ3n) is 4.68. The Morgan fingerprint density at radius 1 is 1.19 bits per heavy atom. The summed E-state index contributed by atoms with van der Waals surface area (Å²) in [6, 6.07) is 9.32. The number of amides is 1. The van der Waals surface area contributed by atoms with Gasteiger partial charge in [-0.05, 0) is 49.9 Å². The first-order chi connectivity index (χ1) is 13.1. The molecule has 0 radical (unpaired) electrons.